The summed E-state index contributed by atoms with van der Waals surface area (Å²) in [5.74, 6) is 2.41. The molecule has 0 aliphatic carbocycles. The third-order valence-corrected chi connectivity index (χ3v) is 2.28. The summed E-state index contributed by atoms with van der Waals surface area (Å²) in [6.07, 6.45) is 6.13. The molecule has 0 saturated heterocycles. The van der Waals surface area contributed by atoms with Crippen LogP contribution in [0.5, 0.6) is 0 Å². The van der Waals surface area contributed by atoms with Gasteiger partial charge in [0.1, 0.15) is 0 Å². The van der Waals surface area contributed by atoms with Crippen molar-refractivity contribution in [2.24, 2.45) is 0 Å². The lowest BCUT2D eigenvalue weighted by molar-refractivity contribution is 0.0812. The van der Waals surface area contributed by atoms with Crippen molar-refractivity contribution in [3.05, 3.63) is 35.4 Å². The quantitative estimate of drug-likeness (QED) is 0.684. The highest BCUT2D eigenvalue weighted by Crippen LogP contribution is 2.07. The molecule has 1 rings (SSSR count). The first-order valence-corrected chi connectivity index (χ1v) is 4.97. The lowest BCUT2D eigenvalue weighted by Crippen LogP contribution is -2.26. The summed E-state index contributed by atoms with van der Waals surface area (Å²) in [6.45, 7) is 2.43. The third kappa shape index (κ3) is 2.85. The first-order chi connectivity index (χ1) is 7.19. The molecule has 0 unspecified atom stereocenters. The lowest BCUT2D eigenvalue weighted by atomic mass is 10.1. The summed E-state index contributed by atoms with van der Waals surface area (Å²) in [7, 11) is 1.70. The Morgan fingerprint density at radius 2 is 2.00 bits per heavy atom. The van der Waals surface area contributed by atoms with E-state index in [0.29, 0.717) is 12.1 Å². The maximum Gasteiger partial charge on any atom is 0.254 e. The summed E-state index contributed by atoms with van der Waals surface area (Å²) in [5, 5.41) is 0. The van der Waals surface area contributed by atoms with E-state index in [9.17, 15) is 4.79 Å². The maximum atomic E-state index is 11.8. The molecule has 0 fully saturated rings. The van der Waals surface area contributed by atoms with Gasteiger partial charge in [-0.05, 0) is 24.1 Å². The normalized spacial score (nSPS) is 9.40. The Bertz CT molecular complexity index is 373. The van der Waals surface area contributed by atoms with Crippen LogP contribution in [0.2, 0.25) is 0 Å². The van der Waals surface area contributed by atoms with Crippen molar-refractivity contribution >= 4 is 5.91 Å². The minimum atomic E-state index is -0.0318. The van der Waals surface area contributed by atoms with E-state index in [1.807, 2.05) is 24.3 Å². The van der Waals surface area contributed by atoms with Gasteiger partial charge in [0.2, 0.25) is 0 Å². The molecule has 0 bridgehead atoms. The smallest absolute Gasteiger partial charge is 0.254 e. The number of hydrogen-bond acceptors (Lipinski definition) is 1. The Balaban J connectivity index is 2.79. The van der Waals surface area contributed by atoms with Crippen LogP contribution in [-0.4, -0.2) is 24.4 Å². The van der Waals surface area contributed by atoms with Gasteiger partial charge >= 0.3 is 0 Å². The van der Waals surface area contributed by atoms with Gasteiger partial charge < -0.3 is 4.90 Å². The first-order valence-electron chi connectivity index (χ1n) is 4.97. The van der Waals surface area contributed by atoms with Crippen LogP contribution < -0.4 is 0 Å². The molecule has 2 nitrogen and oxygen atoms in total. The van der Waals surface area contributed by atoms with Crippen LogP contribution in [-0.2, 0) is 6.42 Å². The highest BCUT2D eigenvalue weighted by atomic mass is 16.2. The van der Waals surface area contributed by atoms with Gasteiger partial charge in [-0.25, -0.2) is 0 Å². The van der Waals surface area contributed by atoms with Crippen LogP contribution in [0.3, 0.4) is 0 Å². The Labute approximate surface area is 90.9 Å². The second kappa shape index (κ2) is 5.21. The highest BCUT2D eigenvalue weighted by molar-refractivity contribution is 5.94. The van der Waals surface area contributed by atoms with E-state index >= 15 is 0 Å². The van der Waals surface area contributed by atoms with E-state index in [2.05, 4.69) is 12.8 Å². The number of carbonyl (C=O) groups excluding carboxylic acids is 1. The summed E-state index contributed by atoms with van der Waals surface area (Å²) in [6, 6.07) is 7.62. The van der Waals surface area contributed by atoms with E-state index in [-0.39, 0.29) is 5.91 Å². The van der Waals surface area contributed by atoms with Crippen LogP contribution in [0.15, 0.2) is 24.3 Å². The Morgan fingerprint density at radius 1 is 1.40 bits per heavy atom. The van der Waals surface area contributed by atoms with E-state index in [4.69, 9.17) is 6.42 Å². The van der Waals surface area contributed by atoms with Crippen LogP contribution in [0.25, 0.3) is 0 Å². The summed E-state index contributed by atoms with van der Waals surface area (Å²) >= 11 is 0. The van der Waals surface area contributed by atoms with E-state index in [1.165, 1.54) is 10.5 Å². The van der Waals surface area contributed by atoms with Crippen molar-refractivity contribution < 1.29 is 4.79 Å². The van der Waals surface area contributed by atoms with Crippen LogP contribution >= 0.6 is 0 Å². The van der Waals surface area contributed by atoms with Gasteiger partial charge in [0.15, 0.2) is 0 Å². The molecule has 78 valence electrons. The molecule has 0 N–H and O–H groups in total. The van der Waals surface area contributed by atoms with Gasteiger partial charge in [-0.3, -0.25) is 4.79 Å². The predicted molar refractivity (Wildman–Crippen MR) is 61.6 cm³/mol. The van der Waals surface area contributed by atoms with E-state index < -0.39 is 0 Å². The Kier molecular flexibility index (Phi) is 3.93. The number of nitrogens with zero attached hydrogens (tertiary/aromatic N) is 1. The molecule has 0 radical (unpaired) electrons. The van der Waals surface area contributed by atoms with Crippen molar-refractivity contribution in [2.75, 3.05) is 13.6 Å². The van der Waals surface area contributed by atoms with Gasteiger partial charge in [0, 0.05) is 12.6 Å². The van der Waals surface area contributed by atoms with Crippen LogP contribution in [0, 0.1) is 12.3 Å². The highest BCUT2D eigenvalue weighted by Gasteiger charge is 2.09. The molecule has 15 heavy (non-hydrogen) atoms. The maximum absolute atomic E-state index is 11.8. The molecule has 2 heteroatoms. The number of carbonyl (C=O) groups is 1. The van der Waals surface area contributed by atoms with Crippen molar-refractivity contribution in [3.63, 3.8) is 0 Å². The summed E-state index contributed by atoms with van der Waals surface area (Å²) < 4.78 is 0. The zero-order valence-corrected chi connectivity index (χ0v) is 9.16. The van der Waals surface area contributed by atoms with E-state index in [0.717, 1.165) is 6.42 Å². The summed E-state index contributed by atoms with van der Waals surface area (Å²) in [4.78, 5) is 13.3. The fraction of sp³-hybridized carbons (Fsp3) is 0.308. The predicted octanol–water partition coefficient (Wildman–Crippen LogP) is 1.95. The molecular weight excluding hydrogens is 186 g/mol. The average molecular weight is 201 g/mol. The summed E-state index contributed by atoms with van der Waals surface area (Å²) in [5.41, 5.74) is 1.91. The van der Waals surface area contributed by atoms with Crippen LogP contribution in [0.1, 0.15) is 22.8 Å². The number of amides is 1. The lowest BCUT2D eigenvalue weighted by Gasteiger charge is -2.13. The van der Waals surface area contributed by atoms with Crippen LogP contribution in [0.4, 0.5) is 0 Å². The molecule has 0 spiro atoms. The zero-order chi connectivity index (χ0) is 11.3. The number of benzene rings is 1. The Morgan fingerprint density at radius 3 is 2.47 bits per heavy atom. The average Bonchev–Trinajstić information content (AvgIpc) is 2.28. The van der Waals surface area contributed by atoms with Gasteiger partial charge in [0.05, 0.1) is 6.54 Å². The van der Waals surface area contributed by atoms with Gasteiger partial charge in [-0.15, -0.1) is 6.42 Å². The number of terminal acetylenes is 1. The number of hydrogen-bond donors (Lipinski definition) is 0. The number of aryl methyl sites for hydroxylation is 1. The standard InChI is InChI=1S/C13H15NO/c1-4-10-14(3)13(15)12-8-6-11(5-2)7-9-12/h1,6-9H,5,10H2,2-3H3. The van der Waals surface area contributed by atoms with Gasteiger partial charge in [-0.2, -0.15) is 0 Å². The van der Waals surface area contributed by atoms with Gasteiger partial charge in [-0.1, -0.05) is 25.0 Å². The molecule has 0 aliphatic heterocycles. The monoisotopic (exact) mass is 201 g/mol. The van der Waals surface area contributed by atoms with E-state index in [1.54, 1.807) is 7.05 Å². The molecule has 1 amide bonds. The molecular formula is C13H15NO. The second-order valence-corrected chi connectivity index (χ2v) is 3.42. The molecule has 0 heterocycles. The molecule has 0 aromatic heterocycles. The molecule has 0 aliphatic rings. The largest absolute Gasteiger partial charge is 0.331 e. The molecule has 0 atom stereocenters. The van der Waals surface area contributed by atoms with Crippen molar-refractivity contribution in [1.29, 1.82) is 0 Å². The molecule has 1 aromatic carbocycles. The molecule has 1 aromatic rings. The molecule has 0 saturated carbocycles. The van der Waals surface area contributed by atoms with Crippen molar-refractivity contribution in [2.45, 2.75) is 13.3 Å². The minimum absolute atomic E-state index is 0.0318. The second-order valence-electron chi connectivity index (χ2n) is 3.42. The topological polar surface area (TPSA) is 20.3 Å². The zero-order valence-electron chi connectivity index (χ0n) is 9.16. The minimum Gasteiger partial charge on any atom is -0.331 e. The SMILES string of the molecule is C#CCN(C)C(=O)c1ccc(CC)cc1. The number of rotatable bonds is 3. The Hall–Kier alpha value is -1.75. The fourth-order valence-corrected chi connectivity index (χ4v) is 1.31. The van der Waals surface area contributed by atoms with Crippen molar-refractivity contribution in [1.82, 2.24) is 4.90 Å². The first kappa shape index (κ1) is 11.3. The fourth-order valence-electron chi connectivity index (χ4n) is 1.31. The van der Waals surface area contributed by atoms with Gasteiger partial charge in [0.25, 0.3) is 5.91 Å². The van der Waals surface area contributed by atoms with Crippen molar-refractivity contribution in [3.8, 4) is 12.3 Å². The third-order valence-electron chi connectivity index (χ3n) is 2.28.